The van der Waals surface area contributed by atoms with E-state index in [1.165, 1.54) is 36.4 Å². The number of halogens is 8. The van der Waals surface area contributed by atoms with Gasteiger partial charge in [-0.25, -0.2) is 0 Å². The van der Waals surface area contributed by atoms with Crippen molar-refractivity contribution in [3.8, 4) is 22.3 Å². The van der Waals surface area contributed by atoms with Gasteiger partial charge in [0.25, 0.3) is 0 Å². The minimum absolute atomic E-state index is 0.0367. The second-order valence-electron chi connectivity index (χ2n) is 14.7. The number of nitrogens with one attached hydrogen (secondary N) is 2. The molecule has 14 heteroatoms. The van der Waals surface area contributed by atoms with Gasteiger partial charge in [0.1, 0.15) is 0 Å². The maximum absolute atomic E-state index is 14.5. The summed E-state index contributed by atoms with van der Waals surface area (Å²) in [5, 5.41) is 5.49. The zero-order valence-electron chi connectivity index (χ0n) is 31.0. The first-order chi connectivity index (χ1) is 26.4. The zero-order valence-corrected chi connectivity index (χ0v) is 36.1. The molecule has 0 fully saturated rings. The first kappa shape index (κ1) is 42.0. The Hall–Kier alpha value is -3.60. The molecule has 0 saturated carbocycles. The van der Waals surface area contributed by atoms with Crippen LogP contribution >= 0.6 is 17.2 Å². The van der Waals surface area contributed by atoms with Gasteiger partial charge < -0.3 is 0 Å². The van der Waals surface area contributed by atoms with E-state index >= 15 is 0 Å². The van der Waals surface area contributed by atoms with Gasteiger partial charge in [0, 0.05) is 0 Å². The van der Waals surface area contributed by atoms with Crippen LogP contribution in [-0.2, 0) is 37.8 Å². The van der Waals surface area contributed by atoms with Gasteiger partial charge in [0.05, 0.1) is 0 Å². The van der Waals surface area contributed by atoms with Crippen molar-refractivity contribution in [2.45, 2.75) is 60.2 Å². The van der Waals surface area contributed by atoms with Crippen LogP contribution in [0.25, 0.3) is 34.4 Å². The van der Waals surface area contributed by atoms with Crippen LogP contribution in [-0.4, -0.2) is 17.4 Å². The summed E-state index contributed by atoms with van der Waals surface area (Å²) in [5.74, 6) is -0.442. The van der Waals surface area contributed by atoms with Gasteiger partial charge in [-0.1, -0.05) is 0 Å². The van der Waals surface area contributed by atoms with Crippen molar-refractivity contribution in [3.05, 3.63) is 129 Å². The van der Waals surface area contributed by atoms with Crippen LogP contribution in [0.4, 0.5) is 26.3 Å². The summed E-state index contributed by atoms with van der Waals surface area (Å²) in [6, 6.07) is 20.7. The molecule has 293 valence electrons. The Morgan fingerprint density at radius 3 is 1.32 bits per heavy atom. The third kappa shape index (κ3) is 7.01. The Morgan fingerprint density at radius 2 is 0.982 bits per heavy atom. The Balaban J connectivity index is 1.73. The van der Waals surface area contributed by atoms with E-state index in [1.807, 2.05) is 39.8 Å². The van der Waals surface area contributed by atoms with E-state index in [9.17, 15) is 35.9 Å². The quantitative estimate of drug-likeness (QED) is 0.0797. The fourth-order valence-electron chi connectivity index (χ4n) is 8.81. The number of alkyl halides is 6. The molecule has 56 heavy (non-hydrogen) atoms. The number of hydrogen-bond acceptors (Lipinski definition) is 2. The van der Waals surface area contributed by atoms with Crippen LogP contribution in [0.3, 0.4) is 0 Å². The molecule has 0 aromatic heterocycles. The second-order valence-corrected chi connectivity index (χ2v) is 45.1. The number of hydrogen-bond donors (Lipinski definition) is 2. The molecule has 0 bridgehead atoms. The molecule has 2 amide bonds. The Kier molecular flexibility index (Phi) is 11.7. The van der Waals surface area contributed by atoms with Gasteiger partial charge in [-0.3, -0.25) is 0 Å². The van der Waals surface area contributed by atoms with Gasteiger partial charge in [0.2, 0.25) is 0 Å². The monoisotopic (exact) mass is 979 g/mol. The van der Waals surface area contributed by atoms with Gasteiger partial charge in [-0.05, 0) is 0 Å². The molecule has 4 atom stereocenters. The molecule has 0 aliphatic heterocycles. The molecule has 2 aliphatic rings. The van der Waals surface area contributed by atoms with Crippen LogP contribution < -0.4 is 10.5 Å². The molecule has 4 unspecified atom stereocenters. The summed E-state index contributed by atoms with van der Waals surface area (Å²) in [6.45, 7) is 7.86. The van der Waals surface area contributed by atoms with E-state index in [-0.39, 0.29) is 23.0 Å². The van der Waals surface area contributed by atoms with Crippen molar-refractivity contribution in [1.82, 2.24) is 10.5 Å². The predicted molar refractivity (Wildman–Crippen MR) is 210 cm³/mol. The summed E-state index contributed by atoms with van der Waals surface area (Å²) in [7, 11) is 17.0. The second kappa shape index (κ2) is 15.6. The van der Waals surface area contributed by atoms with Crippen LogP contribution in [0.2, 0.25) is 0 Å². The molecule has 6 rings (SSSR count). The van der Waals surface area contributed by atoms with Crippen molar-refractivity contribution in [2.75, 3.05) is 0 Å². The van der Waals surface area contributed by atoms with E-state index in [4.69, 9.17) is 17.2 Å². The van der Waals surface area contributed by atoms with Gasteiger partial charge >= 0.3 is 333 Å². The Labute approximate surface area is 330 Å². The SMILES string of the molecule is CCC(C)C1=Cc2c(-c3ccccc3C(F)(F)F)cccc2[CH]1[Hf]([Cl])([Cl])([B](NC=O)NC=O)[CH]1C(C(C)CC)=Cc2c(-c3ccccc3C(F)(F)F)cccc21. The van der Waals surface area contributed by atoms with Crippen molar-refractivity contribution >= 4 is 46.7 Å². The molecule has 4 aromatic carbocycles. The van der Waals surface area contributed by atoms with E-state index < -0.39 is 51.3 Å². The molecule has 0 saturated heterocycles. The number of rotatable bonds is 13. The van der Waals surface area contributed by atoms with Crippen LogP contribution in [0.5, 0.6) is 0 Å². The number of amides is 2. The molecule has 0 radical (unpaired) electrons. The van der Waals surface area contributed by atoms with E-state index in [0.717, 1.165) is 23.3 Å². The number of carbonyl (C=O) groups is 2. The topological polar surface area (TPSA) is 58.2 Å². The van der Waals surface area contributed by atoms with Crippen molar-refractivity contribution in [2.24, 2.45) is 11.8 Å². The fraction of sp³-hybridized carbons (Fsp3) is 0.286. The molecular formula is C42H40BCl2F6HfN2O2. The first-order valence-corrected chi connectivity index (χ1v) is 33.5. The third-order valence-corrected chi connectivity index (χ3v) is 40.2. The summed E-state index contributed by atoms with van der Waals surface area (Å²) in [5.41, 5.74) is 2.46. The average Bonchev–Trinajstić information content (AvgIpc) is 3.78. The predicted octanol–water partition coefficient (Wildman–Crippen LogP) is 12.2. The third-order valence-electron chi connectivity index (χ3n) is 11.7. The molecule has 0 spiro atoms. The Bertz CT molecular complexity index is 2090. The molecule has 4 aromatic rings. The molecule has 2 N–H and O–H groups in total. The van der Waals surface area contributed by atoms with Gasteiger partial charge in [-0.2, -0.15) is 0 Å². The van der Waals surface area contributed by atoms with E-state index in [2.05, 4.69) is 10.5 Å². The summed E-state index contributed by atoms with van der Waals surface area (Å²) in [4.78, 5) is 25.0. The number of allylic oxidation sites excluding steroid dienone is 2. The van der Waals surface area contributed by atoms with Crippen molar-refractivity contribution < 1.29 is 51.8 Å². The number of carbonyl (C=O) groups excluding carboxylic acids is 2. The standard InChI is InChI=1S/2C20H18F3.C2H3BN2O2.2ClH.Hf/c2*1-3-13(2)15-11-14-7-6-9-16(18(14)12-15)17-8-4-5-10-19(17)20(21,22)23;6-1-4-3-5-2-7;;;/h2*4-13H,3H2,1-2H3;1-2H,(H-,4,5,6,7);2*1H;/q;;;;;+1/p-1. The van der Waals surface area contributed by atoms with E-state index in [0.29, 0.717) is 59.0 Å². The van der Waals surface area contributed by atoms with Crippen LogP contribution in [0, 0.1) is 11.8 Å². The fourth-order valence-corrected chi connectivity index (χ4v) is 38.5. The number of benzene rings is 4. The van der Waals surface area contributed by atoms with E-state index in [1.54, 1.807) is 36.4 Å². The van der Waals surface area contributed by atoms with Crippen molar-refractivity contribution in [1.29, 1.82) is 0 Å². The molecule has 2 aliphatic carbocycles. The first-order valence-electron chi connectivity index (χ1n) is 18.4. The van der Waals surface area contributed by atoms with Gasteiger partial charge in [0.15, 0.2) is 0 Å². The average molecular weight is 979 g/mol. The summed E-state index contributed by atoms with van der Waals surface area (Å²) >= 11 is -6.61. The molecule has 4 nitrogen and oxygen atoms in total. The van der Waals surface area contributed by atoms with Crippen molar-refractivity contribution in [3.63, 3.8) is 0 Å². The Morgan fingerprint density at radius 1 is 0.625 bits per heavy atom. The zero-order chi connectivity index (χ0) is 40.8. The maximum atomic E-state index is 14.5. The minimum atomic E-state index is -6.61. The molecule has 0 heterocycles. The summed E-state index contributed by atoms with van der Waals surface area (Å²) < 4.78 is 83.9. The van der Waals surface area contributed by atoms with Crippen LogP contribution in [0.1, 0.15) is 81.3 Å². The molecular weight excluding hydrogens is 939 g/mol. The summed E-state index contributed by atoms with van der Waals surface area (Å²) in [6.07, 6.45) is -3.63. The number of fused-ring (bicyclic) bond motifs is 2. The normalized spacial score (nSPS) is 18.4. The van der Waals surface area contributed by atoms with Gasteiger partial charge in [-0.15, -0.1) is 0 Å². The van der Waals surface area contributed by atoms with Crippen LogP contribution in [0.15, 0.2) is 96.1 Å².